The number of ether oxygens (including phenoxy) is 1. The van der Waals surface area contributed by atoms with E-state index in [1.165, 1.54) is 18.2 Å². The van der Waals surface area contributed by atoms with Crippen molar-refractivity contribution in [2.45, 2.75) is 77.2 Å². The quantitative estimate of drug-likeness (QED) is 0.222. The Bertz CT molecular complexity index is 1520. The van der Waals surface area contributed by atoms with Gasteiger partial charge < -0.3 is 19.8 Å². The average molecular weight is 604 g/mol. The largest absolute Gasteiger partial charge is 0.416 e. The van der Waals surface area contributed by atoms with Gasteiger partial charge in [0, 0.05) is 23.6 Å². The number of nitrogen functional groups attached to an aromatic ring is 1. The Morgan fingerprint density at radius 1 is 1.14 bits per heavy atom. The van der Waals surface area contributed by atoms with Crippen LogP contribution in [0.25, 0.3) is 10.9 Å². The van der Waals surface area contributed by atoms with Gasteiger partial charge in [-0.05, 0) is 72.3 Å². The van der Waals surface area contributed by atoms with Crippen molar-refractivity contribution in [2.24, 2.45) is 5.92 Å². The molecule has 0 radical (unpaired) electrons. The predicted molar refractivity (Wildman–Crippen MR) is 156 cm³/mol. The van der Waals surface area contributed by atoms with Crippen LogP contribution in [0.15, 0.2) is 36.4 Å². The predicted octanol–water partition coefficient (Wildman–Crippen LogP) is 7.62. The van der Waals surface area contributed by atoms with Gasteiger partial charge in [-0.2, -0.15) is 13.2 Å². The van der Waals surface area contributed by atoms with Gasteiger partial charge in [-0.15, -0.1) is 0 Å². The first-order chi connectivity index (χ1) is 19.5. The number of rotatable bonds is 7. The molecule has 1 fully saturated rings. The second-order valence-electron chi connectivity index (χ2n) is 12.9. The SMILES string of the molecule is CC(C)(C)[Si](C)(C)OCc1cc2cc(C(=O)N(CC3CC3)C3COCc4cc(C(F)(F)F)ccc43)c(F)cc2nc1N. The number of anilines is 1. The van der Waals surface area contributed by atoms with E-state index in [1.54, 1.807) is 11.0 Å². The topological polar surface area (TPSA) is 77.7 Å². The lowest BCUT2D eigenvalue weighted by molar-refractivity contribution is -0.137. The molecular formula is C31H37F4N3O3Si. The van der Waals surface area contributed by atoms with E-state index < -0.39 is 37.8 Å². The summed E-state index contributed by atoms with van der Waals surface area (Å²) < 4.78 is 67.6. The number of pyridine rings is 1. The Morgan fingerprint density at radius 2 is 1.86 bits per heavy atom. The van der Waals surface area contributed by atoms with E-state index in [0.717, 1.165) is 25.0 Å². The number of halogens is 4. The van der Waals surface area contributed by atoms with Crippen molar-refractivity contribution in [3.05, 3.63) is 70.0 Å². The Morgan fingerprint density at radius 3 is 2.50 bits per heavy atom. The number of nitrogens with two attached hydrogens (primary N) is 1. The number of alkyl halides is 3. The molecule has 11 heteroatoms. The lowest BCUT2D eigenvalue weighted by Gasteiger charge is -2.36. The maximum atomic E-state index is 15.5. The van der Waals surface area contributed by atoms with Gasteiger partial charge in [0.2, 0.25) is 0 Å². The minimum absolute atomic E-state index is 0.00443. The second-order valence-corrected chi connectivity index (χ2v) is 17.8. The highest BCUT2D eigenvalue weighted by molar-refractivity contribution is 6.74. The summed E-state index contributed by atoms with van der Waals surface area (Å²) in [6.45, 7) is 11.4. The third-order valence-corrected chi connectivity index (χ3v) is 13.3. The fourth-order valence-electron chi connectivity index (χ4n) is 4.95. The first kappa shape index (κ1) is 30.4. The number of hydrogen-bond donors (Lipinski definition) is 1. The molecule has 0 bridgehead atoms. The van der Waals surface area contributed by atoms with Gasteiger partial charge in [-0.25, -0.2) is 9.37 Å². The van der Waals surface area contributed by atoms with Crippen molar-refractivity contribution in [3.63, 3.8) is 0 Å². The van der Waals surface area contributed by atoms with Crippen molar-refractivity contribution >= 4 is 30.9 Å². The molecule has 5 rings (SSSR count). The average Bonchev–Trinajstić information content (AvgIpc) is 3.72. The maximum Gasteiger partial charge on any atom is 0.416 e. The summed E-state index contributed by atoms with van der Waals surface area (Å²) in [4.78, 5) is 20.0. The summed E-state index contributed by atoms with van der Waals surface area (Å²) in [7, 11) is -2.08. The molecule has 42 heavy (non-hydrogen) atoms. The summed E-state index contributed by atoms with van der Waals surface area (Å²) in [6, 6.07) is 7.33. The smallest absolute Gasteiger partial charge is 0.412 e. The summed E-state index contributed by atoms with van der Waals surface area (Å²) in [5.41, 5.74) is 7.23. The Kier molecular flexibility index (Phi) is 7.91. The first-order valence-electron chi connectivity index (χ1n) is 14.2. The van der Waals surface area contributed by atoms with Crippen LogP contribution >= 0.6 is 0 Å². The van der Waals surface area contributed by atoms with Crippen molar-refractivity contribution < 1.29 is 31.5 Å². The van der Waals surface area contributed by atoms with E-state index >= 15 is 4.39 Å². The Hall–Kier alpha value is -3.02. The number of nitrogens with zero attached hydrogens (tertiary/aromatic N) is 2. The zero-order valence-corrected chi connectivity index (χ0v) is 25.6. The summed E-state index contributed by atoms with van der Waals surface area (Å²) >= 11 is 0. The summed E-state index contributed by atoms with van der Waals surface area (Å²) in [5, 5.41) is 0.541. The van der Waals surface area contributed by atoms with Crippen LogP contribution in [0.3, 0.4) is 0 Å². The van der Waals surface area contributed by atoms with Gasteiger partial charge in [0.05, 0.1) is 42.5 Å². The molecule has 1 saturated carbocycles. The molecule has 0 spiro atoms. The minimum atomic E-state index is -4.49. The van der Waals surface area contributed by atoms with Crippen LogP contribution in [0.5, 0.6) is 0 Å². The number of fused-ring (bicyclic) bond motifs is 2. The number of benzene rings is 2. The van der Waals surface area contributed by atoms with E-state index in [4.69, 9.17) is 14.9 Å². The molecule has 2 aromatic carbocycles. The molecule has 1 atom stereocenters. The molecule has 1 aliphatic carbocycles. The number of carbonyl (C=O) groups is 1. The van der Waals surface area contributed by atoms with Crippen molar-refractivity contribution in [1.82, 2.24) is 9.88 Å². The Labute approximate surface area is 244 Å². The molecule has 1 amide bonds. The van der Waals surface area contributed by atoms with E-state index in [-0.39, 0.29) is 42.2 Å². The molecule has 1 aromatic heterocycles. The van der Waals surface area contributed by atoms with Gasteiger partial charge in [0.25, 0.3) is 5.91 Å². The van der Waals surface area contributed by atoms with Crippen LogP contribution in [0.1, 0.15) is 72.3 Å². The first-order valence-corrected chi connectivity index (χ1v) is 17.1. The Balaban J connectivity index is 1.49. The van der Waals surface area contributed by atoms with Crippen LogP contribution < -0.4 is 5.73 Å². The number of hydrogen-bond acceptors (Lipinski definition) is 5. The van der Waals surface area contributed by atoms with Crippen molar-refractivity contribution in [3.8, 4) is 0 Å². The lowest BCUT2D eigenvalue weighted by Crippen LogP contribution is -2.41. The molecule has 226 valence electrons. The van der Waals surface area contributed by atoms with Crippen molar-refractivity contribution in [2.75, 3.05) is 18.9 Å². The summed E-state index contributed by atoms with van der Waals surface area (Å²) in [6.07, 6.45) is -2.64. The second kappa shape index (κ2) is 10.9. The number of aromatic nitrogens is 1. The lowest BCUT2D eigenvalue weighted by atomic mass is 9.94. The monoisotopic (exact) mass is 603 g/mol. The van der Waals surface area contributed by atoms with Crippen LogP contribution in [-0.2, 0) is 28.6 Å². The van der Waals surface area contributed by atoms with Gasteiger partial charge in [-0.3, -0.25) is 4.79 Å². The van der Waals surface area contributed by atoms with Crippen LogP contribution in [0.2, 0.25) is 18.1 Å². The molecule has 2 N–H and O–H groups in total. The molecule has 3 aromatic rings. The van der Waals surface area contributed by atoms with E-state index in [9.17, 15) is 18.0 Å². The highest BCUT2D eigenvalue weighted by atomic mass is 28.4. The normalized spacial score (nSPS) is 17.8. The third-order valence-electron chi connectivity index (χ3n) is 8.79. The van der Waals surface area contributed by atoms with Crippen LogP contribution in [-0.4, -0.2) is 37.3 Å². The molecular weight excluding hydrogens is 566 g/mol. The standard InChI is InChI=1S/C31H37F4N3O3Si/c1-30(2,3)42(4,5)41-16-21-10-19-12-24(25(32)13-26(19)37-28(21)36)29(39)38(14-18-6-7-18)27-17-40-15-20-11-22(31(33,34)35)8-9-23(20)27/h8-13,18,27H,6-7,14-17H2,1-5H3,(H2,36,37). The molecule has 6 nitrogen and oxygen atoms in total. The number of amides is 1. The highest BCUT2D eigenvalue weighted by Gasteiger charge is 2.39. The van der Waals surface area contributed by atoms with E-state index in [1.807, 2.05) is 0 Å². The van der Waals surface area contributed by atoms with E-state index in [0.29, 0.717) is 34.1 Å². The number of carbonyl (C=O) groups excluding carboxylic acids is 1. The zero-order valence-electron chi connectivity index (χ0n) is 24.6. The van der Waals surface area contributed by atoms with Gasteiger partial charge in [0.1, 0.15) is 11.6 Å². The highest BCUT2D eigenvalue weighted by Crippen LogP contribution is 2.40. The zero-order chi connectivity index (χ0) is 30.6. The van der Waals surface area contributed by atoms with Gasteiger partial charge >= 0.3 is 6.18 Å². The molecule has 1 aliphatic heterocycles. The van der Waals surface area contributed by atoms with Gasteiger partial charge in [-0.1, -0.05) is 26.8 Å². The maximum absolute atomic E-state index is 15.5. The fraction of sp³-hybridized carbons (Fsp3) is 0.484. The van der Waals surface area contributed by atoms with Crippen LogP contribution in [0, 0.1) is 11.7 Å². The van der Waals surface area contributed by atoms with Crippen LogP contribution in [0.4, 0.5) is 23.4 Å². The fourth-order valence-corrected chi connectivity index (χ4v) is 5.90. The molecule has 1 unspecified atom stereocenters. The minimum Gasteiger partial charge on any atom is -0.412 e. The molecule has 2 heterocycles. The van der Waals surface area contributed by atoms with Crippen molar-refractivity contribution in [1.29, 1.82) is 0 Å². The van der Waals surface area contributed by atoms with E-state index in [2.05, 4.69) is 38.8 Å². The molecule has 0 saturated heterocycles. The third kappa shape index (κ3) is 6.18. The summed E-state index contributed by atoms with van der Waals surface area (Å²) in [5.74, 6) is -0.796. The molecule has 2 aliphatic rings. The van der Waals surface area contributed by atoms with Gasteiger partial charge in [0.15, 0.2) is 8.32 Å².